The molecular weight excluding hydrogens is 572 g/mol. The molecule has 0 rings (SSSR count). The van der Waals surface area contributed by atoms with Gasteiger partial charge in [0.1, 0.15) is 5.41 Å². The topological polar surface area (TPSA) is 135 Å². The highest BCUT2D eigenvalue weighted by molar-refractivity contribution is 6.24. The summed E-state index contributed by atoms with van der Waals surface area (Å²) in [7, 11) is 0. The second kappa shape index (κ2) is 28.3. The Hall–Kier alpha value is -1.93. The van der Waals surface area contributed by atoms with Crippen molar-refractivity contribution < 1.29 is 38.9 Å². The van der Waals surface area contributed by atoms with Crippen LogP contribution in [0.5, 0.6) is 0 Å². The van der Waals surface area contributed by atoms with Gasteiger partial charge < -0.3 is 14.9 Å². The number of Topliss-reactive ketones (excluding diaryl/α,β-unsaturated/α-hetero) is 3. The molecule has 0 aromatic carbocycles. The molecule has 262 valence electrons. The average Bonchev–Trinajstić information content (AvgIpc) is 3.03. The Bertz CT molecular complexity index is 757. The van der Waals surface area contributed by atoms with Crippen LogP contribution in [0.1, 0.15) is 188 Å². The minimum absolute atomic E-state index is 0.0409. The maximum atomic E-state index is 13.9. The molecule has 0 aliphatic carbocycles. The quantitative estimate of drug-likeness (QED) is 0.0427. The summed E-state index contributed by atoms with van der Waals surface area (Å²) >= 11 is 0. The highest BCUT2D eigenvalue weighted by atomic mass is 16.6. The Morgan fingerprint density at radius 2 is 0.844 bits per heavy atom. The van der Waals surface area contributed by atoms with Gasteiger partial charge in [-0.3, -0.25) is 19.2 Å². The van der Waals surface area contributed by atoms with Crippen molar-refractivity contribution in [2.75, 3.05) is 6.61 Å². The summed E-state index contributed by atoms with van der Waals surface area (Å²) in [5, 5.41) is 18.0. The van der Waals surface area contributed by atoms with Crippen molar-refractivity contribution >= 4 is 29.3 Å². The van der Waals surface area contributed by atoms with Crippen LogP contribution in [0, 0.1) is 5.41 Å². The van der Waals surface area contributed by atoms with Crippen LogP contribution >= 0.6 is 0 Å². The SMILES string of the molecule is CCCCCCCC(=O)C(CCCCCCCCC(=O)OC(=O)C(O)CO)(C(=O)CCCCCCC)C(=O)CCCCCCC. The molecule has 1 unspecified atom stereocenters. The molecule has 0 fully saturated rings. The van der Waals surface area contributed by atoms with E-state index in [1.165, 1.54) is 0 Å². The number of unbranched alkanes of at least 4 members (excludes halogenated alkanes) is 17. The number of rotatable bonds is 32. The Balaban J connectivity index is 5.31. The number of hydrogen-bond acceptors (Lipinski definition) is 8. The van der Waals surface area contributed by atoms with Crippen LogP contribution in [0.4, 0.5) is 0 Å². The molecule has 2 N–H and O–H groups in total. The Kier molecular flexibility index (Phi) is 27.1. The van der Waals surface area contributed by atoms with E-state index in [2.05, 4.69) is 25.5 Å². The van der Waals surface area contributed by atoms with Crippen LogP contribution in [0.2, 0.25) is 0 Å². The summed E-state index contributed by atoms with van der Waals surface area (Å²) in [6.45, 7) is 5.65. The lowest BCUT2D eigenvalue weighted by atomic mass is 9.68. The molecule has 0 saturated carbocycles. The Labute approximate surface area is 273 Å². The van der Waals surface area contributed by atoms with E-state index in [9.17, 15) is 29.1 Å². The highest BCUT2D eigenvalue weighted by Crippen LogP contribution is 2.35. The molecule has 0 saturated heterocycles. The summed E-state index contributed by atoms with van der Waals surface area (Å²) in [4.78, 5) is 64.9. The lowest BCUT2D eigenvalue weighted by Crippen LogP contribution is -2.46. The molecule has 0 aromatic rings. The number of carbonyl (C=O) groups is 5. The zero-order chi connectivity index (χ0) is 33.8. The fourth-order valence-electron chi connectivity index (χ4n) is 5.86. The maximum Gasteiger partial charge on any atom is 0.345 e. The van der Waals surface area contributed by atoms with Crippen LogP contribution < -0.4 is 0 Å². The van der Waals surface area contributed by atoms with Gasteiger partial charge >= 0.3 is 11.9 Å². The van der Waals surface area contributed by atoms with E-state index in [0.29, 0.717) is 38.5 Å². The molecule has 0 aliphatic heterocycles. The van der Waals surface area contributed by atoms with Crippen molar-refractivity contribution in [1.82, 2.24) is 0 Å². The minimum Gasteiger partial charge on any atom is -0.393 e. The molecule has 8 nitrogen and oxygen atoms in total. The summed E-state index contributed by atoms with van der Waals surface area (Å²) in [5.74, 6) is -2.35. The van der Waals surface area contributed by atoms with Gasteiger partial charge in [0.15, 0.2) is 23.5 Å². The second-order valence-corrected chi connectivity index (χ2v) is 12.8. The third kappa shape index (κ3) is 19.4. The summed E-state index contributed by atoms with van der Waals surface area (Å²) < 4.78 is 4.51. The first-order valence-electron chi connectivity index (χ1n) is 18.3. The van der Waals surface area contributed by atoms with E-state index in [0.717, 1.165) is 122 Å². The van der Waals surface area contributed by atoms with Crippen molar-refractivity contribution in [2.24, 2.45) is 5.41 Å². The van der Waals surface area contributed by atoms with Gasteiger partial charge in [0, 0.05) is 25.7 Å². The molecule has 1 atom stereocenters. The van der Waals surface area contributed by atoms with Gasteiger partial charge in [-0.25, -0.2) is 4.79 Å². The Morgan fingerprint density at radius 3 is 1.22 bits per heavy atom. The first kappa shape index (κ1) is 43.1. The van der Waals surface area contributed by atoms with E-state index < -0.39 is 30.1 Å². The summed E-state index contributed by atoms with van der Waals surface area (Å²) in [6, 6.07) is 0. The van der Waals surface area contributed by atoms with Gasteiger partial charge in [-0.1, -0.05) is 130 Å². The molecular formula is C37H66O8. The third-order valence-corrected chi connectivity index (χ3v) is 8.79. The van der Waals surface area contributed by atoms with Crippen molar-refractivity contribution in [3.8, 4) is 0 Å². The van der Waals surface area contributed by atoms with Gasteiger partial charge in [-0.2, -0.15) is 0 Å². The maximum absolute atomic E-state index is 13.9. The predicted molar refractivity (Wildman–Crippen MR) is 179 cm³/mol. The number of esters is 2. The second-order valence-electron chi connectivity index (χ2n) is 12.8. The normalized spacial score (nSPS) is 12.2. The van der Waals surface area contributed by atoms with Gasteiger partial charge in [0.2, 0.25) is 0 Å². The van der Waals surface area contributed by atoms with Crippen molar-refractivity contribution in [3.63, 3.8) is 0 Å². The van der Waals surface area contributed by atoms with Crippen LogP contribution in [0.15, 0.2) is 0 Å². The van der Waals surface area contributed by atoms with Crippen LogP contribution in [0.3, 0.4) is 0 Å². The number of aliphatic hydroxyl groups is 2. The standard InChI is InChI=1S/C37H66O8/c1-4-7-10-15-20-25-32(40)37(33(41)26-21-16-11-8-5-2,34(42)27-22-17-12-9-6-3)29-24-19-14-13-18-23-28-35(43)45-36(44)31(39)30-38/h31,38-39H,4-30H2,1-3H3. The van der Waals surface area contributed by atoms with Crippen LogP contribution in [0.25, 0.3) is 0 Å². The zero-order valence-corrected chi connectivity index (χ0v) is 29.0. The van der Waals surface area contributed by atoms with E-state index >= 15 is 0 Å². The molecule has 0 aromatic heterocycles. The van der Waals surface area contributed by atoms with Gasteiger partial charge in [-0.05, 0) is 32.1 Å². The lowest BCUT2D eigenvalue weighted by molar-refractivity contribution is -0.167. The molecule has 8 heteroatoms. The zero-order valence-electron chi connectivity index (χ0n) is 29.0. The molecule has 0 bridgehead atoms. The van der Waals surface area contributed by atoms with Crippen LogP contribution in [-0.2, 0) is 28.7 Å². The fraction of sp³-hybridized carbons (Fsp3) is 0.865. The van der Waals surface area contributed by atoms with Gasteiger partial charge in [-0.15, -0.1) is 0 Å². The average molecular weight is 639 g/mol. The lowest BCUT2D eigenvalue weighted by Gasteiger charge is -2.30. The molecule has 45 heavy (non-hydrogen) atoms. The molecule has 0 radical (unpaired) electrons. The number of hydrogen-bond donors (Lipinski definition) is 2. The van der Waals surface area contributed by atoms with E-state index in [1.807, 2.05) is 0 Å². The monoisotopic (exact) mass is 638 g/mol. The predicted octanol–water partition coefficient (Wildman–Crippen LogP) is 8.31. The van der Waals surface area contributed by atoms with Gasteiger partial charge in [0.25, 0.3) is 0 Å². The molecule has 0 spiro atoms. The first-order chi connectivity index (χ1) is 21.7. The molecule has 0 amide bonds. The van der Waals surface area contributed by atoms with E-state index in [1.54, 1.807) is 0 Å². The Morgan fingerprint density at radius 1 is 0.511 bits per heavy atom. The van der Waals surface area contributed by atoms with E-state index in [-0.39, 0.29) is 23.8 Å². The van der Waals surface area contributed by atoms with Gasteiger partial charge in [0.05, 0.1) is 6.61 Å². The smallest absolute Gasteiger partial charge is 0.345 e. The van der Waals surface area contributed by atoms with E-state index in [4.69, 9.17) is 5.11 Å². The van der Waals surface area contributed by atoms with Crippen molar-refractivity contribution in [2.45, 2.75) is 194 Å². The summed E-state index contributed by atoms with van der Waals surface area (Å²) in [6.07, 6.45) is 18.7. The third-order valence-electron chi connectivity index (χ3n) is 8.79. The number of carbonyl (C=O) groups excluding carboxylic acids is 5. The molecule has 0 heterocycles. The number of aliphatic hydroxyl groups excluding tert-OH is 2. The number of ketones is 3. The minimum atomic E-state index is -1.71. The number of ether oxygens (including phenoxy) is 1. The molecule has 0 aliphatic rings. The summed E-state index contributed by atoms with van der Waals surface area (Å²) in [5.41, 5.74) is -1.50. The van der Waals surface area contributed by atoms with Crippen LogP contribution in [-0.4, -0.2) is 52.2 Å². The fourth-order valence-corrected chi connectivity index (χ4v) is 5.86. The largest absolute Gasteiger partial charge is 0.393 e. The van der Waals surface area contributed by atoms with Crippen molar-refractivity contribution in [3.05, 3.63) is 0 Å². The van der Waals surface area contributed by atoms with Crippen molar-refractivity contribution in [1.29, 1.82) is 0 Å². The highest BCUT2D eigenvalue weighted by Gasteiger charge is 2.49. The first-order valence-corrected chi connectivity index (χ1v) is 18.3.